The number of nitrogens with one attached hydrogen (secondary N) is 1. The van der Waals surface area contributed by atoms with Crippen LogP contribution in [0.1, 0.15) is 22.6 Å². The van der Waals surface area contributed by atoms with Crippen LogP contribution in [-0.4, -0.2) is 24.4 Å². The monoisotopic (exact) mass is 442 g/mol. The molecule has 0 aliphatic carbocycles. The van der Waals surface area contributed by atoms with E-state index in [-0.39, 0.29) is 22.9 Å². The minimum atomic E-state index is -4.55. The van der Waals surface area contributed by atoms with Crippen molar-refractivity contribution in [2.45, 2.75) is 12.1 Å². The molecule has 3 aromatic rings. The molecule has 0 spiro atoms. The van der Waals surface area contributed by atoms with Gasteiger partial charge in [-0.25, -0.2) is 0 Å². The van der Waals surface area contributed by atoms with Crippen LogP contribution in [0.15, 0.2) is 53.9 Å². The summed E-state index contributed by atoms with van der Waals surface area (Å²) in [6.45, 7) is 0. The van der Waals surface area contributed by atoms with E-state index in [9.17, 15) is 18.4 Å². The highest BCUT2D eigenvalue weighted by molar-refractivity contribution is 5.76. The average Bonchev–Trinajstić information content (AvgIpc) is 3.20. The Morgan fingerprint density at radius 2 is 1.94 bits per heavy atom. The van der Waals surface area contributed by atoms with Gasteiger partial charge in [0.2, 0.25) is 11.8 Å². The molecule has 0 bridgehead atoms. The lowest BCUT2D eigenvalue weighted by molar-refractivity contribution is -0.137. The highest BCUT2D eigenvalue weighted by Crippen LogP contribution is 2.48. The Labute approximate surface area is 180 Å². The first-order chi connectivity index (χ1) is 15.3. The number of aromatic nitrogens is 2. The molecule has 0 fully saturated rings. The van der Waals surface area contributed by atoms with Crippen molar-refractivity contribution in [1.82, 2.24) is 10.2 Å². The first-order valence-electron chi connectivity index (χ1n) is 9.33. The van der Waals surface area contributed by atoms with E-state index < -0.39 is 17.7 Å². The van der Waals surface area contributed by atoms with Gasteiger partial charge in [-0.3, -0.25) is 5.10 Å². The summed E-state index contributed by atoms with van der Waals surface area (Å²) in [6.07, 6.45) is -4.55. The minimum absolute atomic E-state index is 0.0265. The number of ether oxygens (including phenoxy) is 3. The fraction of sp³-hybridized carbons (Fsp3) is 0.182. The van der Waals surface area contributed by atoms with Gasteiger partial charge in [-0.1, -0.05) is 18.2 Å². The molecule has 1 unspecified atom stereocenters. The standard InChI is InChI=1S/C22H17F3N4O3/c1-30-13-6-7-16(31-2)14(9-13)19-18-17(11-4-3-5-12(8-11)22(23,24)25)15(10-26)20(27)32-21(18)29-28-19/h3-9,17H,27H2,1-2H3,(H,28,29). The lowest BCUT2D eigenvalue weighted by Gasteiger charge is -2.25. The van der Waals surface area contributed by atoms with Crippen molar-refractivity contribution in [2.75, 3.05) is 14.2 Å². The molecule has 4 rings (SSSR count). The zero-order chi connectivity index (χ0) is 23.0. The van der Waals surface area contributed by atoms with E-state index in [4.69, 9.17) is 19.9 Å². The van der Waals surface area contributed by atoms with Crippen molar-refractivity contribution in [1.29, 1.82) is 5.26 Å². The Morgan fingerprint density at radius 3 is 2.59 bits per heavy atom. The van der Waals surface area contributed by atoms with Gasteiger partial charge in [0.15, 0.2) is 0 Å². The van der Waals surface area contributed by atoms with Crippen molar-refractivity contribution in [3.05, 3.63) is 70.6 Å². The number of benzene rings is 2. The number of methoxy groups -OCH3 is 2. The van der Waals surface area contributed by atoms with E-state index in [1.807, 2.05) is 6.07 Å². The van der Waals surface area contributed by atoms with Crippen LogP contribution in [0, 0.1) is 11.3 Å². The number of fused-ring (bicyclic) bond motifs is 1. The molecular formula is C22H17F3N4O3. The highest BCUT2D eigenvalue weighted by atomic mass is 19.4. The number of aromatic amines is 1. The predicted molar refractivity (Wildman–Crippen MR) is 108 cm³/mol. The molecule has 2 heterocycles. The quantitative estimate of drug-likeness (QED) is 0.623. The van der Waals surface area contributed by atoms with E-state index in [1.54, 1.807) is 18.2 Å². The van der Waals surface area contributed by atoms with Crippen LogP contribution in [0.3, 0.4) is 0 Å². The number of halogens is 3. The van der Waals surface area contributed by atoms with Crippen LogP contribution in [-0.2, 0) is 6.18 Å². The van der Waals surface area contributed by atoms with E-state index >= 15 is 0 Å². The minimum Gasteiger partial charge on any atom is -0.497 e. The average molecular weight is 442 g/mol. The number of allylic oxidation sites excluding steroid dienone is 1. The van der Waals surface area contributed by atoms with E-state index in [1.165, 1.54) is 26.4 Å². The topological polar surface area (TPSA) is 106 Å². The fourth-order valence-corrected chi connectivity index (χ4v) is 3.69. The second-order valence-electron chi connectivity index (χ2n) is 6.93. The second-order valence-corrected chi connectivity index (χ2v) is 6.93. The number of H-pyrrole nitrogens is 1. The number of hydrogen-bond donors (Lipinski definition) is 2. The zero-order valence-corrected chi connectivity index (χ0v) is 16.9. The van der Waals surface area contributed by atoms with E-state index in [0.29, 0.717) is 28.3 Å². The van der Waals surface area contributed by atoms with Crippen LogP contribution in [0.25, 0.3) is 11.3 Å². The molecule has 1 atom stereocenters. The smallest absolute Gasteiger partial charge is 0.416 e. The number of nitrogens with two attached hydrogens (primary N) is 1. The van der Waals surface area contributed by atoms with Crippen LogP contribution >= 0.6 is 0 Å². The number of alkyl halides is 3. The Morgan fingerprint density at radius 1 is 1.16 bits per heavy atom. The molecule has 32 heavy (non-hydrogen) atoms. The summed E-state index contributed by atoms with van der Waals surface area (Å²) in [6, 6.07) is 11.8. The second kappa shape index (κ2) is 7.85. The summed E-state index contributed by atoms with van der Waals surface area (Å²) in [7, 11) is 2.98. The van der Waals surface area contributed by atoms with Gasteiger partial charge in [0, 0.05) is 5.56 Å². The van der Waals surface area contributed by atoms with E-state index in [2.05, 4.69) is 10.2 Å². The molecule has 164 valence electrons. The van der Waals surface area contributed by atoms with E-state index in [0.717, 1.165) is 12.1 Å². The molecule has 2 aromatic carbocycles. The number of rotatable bonds is 4. The molecule has 10 heteroatoms. The van der Waals surface area contributed by atoms with Gasteiger partial charge in [-0.15, -0.1) is 5.10 Å². The van der Waals surface area contributed by atoms with Gasteiger partial charge in [0.25, 0.3) is 0 Å². The van der Waals surface area contributed by atoms with Crippen molar-refractivity contribution in [3.63, 3.8) is 0 Å². The molecule has 7 nitrogen and oxygen atoms in total. The summed E-state index contributed by atoms with van der Waals surface area (Å²) >= 11 is 0. The molecule has 1 aliphatic heterocycles. The van der Waals surface area contributed by atoms with Crippen LogP contribution in [0.5, 0.6) is 17.4 Å². The molecular weight excluding hydrogens is 425 g/mol. The Balaban J connectivity index is 1.98. The highest BCUT2D eigenvalue weighted by Gasteiger charge is 2.38. The Bertz CT molecular complexity index is 1260. The predicted octanol–water partition coefficient (Wildman–Crippen LogP) is 4.33. The maximum absolute atomic E-state index is 13.4. The Kier molecular flexibility index (Phi) is 5.18. The molecule has 0 radical (unpaired) electrons. The lowest BCUT2D eigenvalue weighted by atomic mass is 9.82. The third-order valence-electron chi connectivity index (χ3n) is 5.16. The summed E-state index contributed by atoms with van der Waals surface area (Å²) < 4.78 is 56.4. The fourth-order valence-electron chi connectivity index (χ4n) is 3.69. The third-order valence-corrected chi connectivity index (χ3v) is 5.16. The Hall–Kier alpha value is -4.13. The van der Waals surface area contributed by atoms with Gasteiger partial charge in [-0.2, -0.15) is 18.4 Å². The van der Waals surface area contributed by atoms with Crippen molar-refractivity contribution < 1.29 is 27.4 Å². The number of nitriles is 1. The molecule has 0 saturated heterocycles. The van der Waals surface area contributed by atoms with Crippen molar-refractivity contribution in [3.8, 4) is 34.7 Å². The first kappa shape index (κ1) is 21.1. The molecule has 1 aromatic heterocycles. The van der Waals surface area contributed by atoms with Crippen LogP contribution in [0.2, 0.25) is 0 Å². The van der Waals surface area contributed by atoms with Gasteiger partial charge in [-0.05, 0) is 29.8 Å². The van der Waals surface area contributed by atoms with Gasteiger partial charge < -0.3 is 19.9 Å². The largest absolute Gasteiger partial charge is 0.497 e. The van der Waals surface area contributed by atoms with Crippen molar-refractivity contribution >= 4 is 0 Å². The summed E-state index contributed by atoms with van der Waals surface area (Å²) in [5.41, 5.74) is 6.56. The molecule has 3 N–H and O–H groups in total. The molecule has 1 aliphatic rings. The number of hydrogen-bond acceptors (Lipinski definition) is 6. The van der Waals surface area contributed by atoms with Crippen LogP contribution in [0.4, 0.5) is 13.2 Å². The first-order valence-corrected chi connectivity index (χ1v) is 9.33. The summed E-state index contributed by atoms with van der Waals surface area (Å²) in [4.78, 5) is 0. The zero-order valence-electron chi connectivity index (χ0n) is 16.9. The van der Waals surface area contributed by atoms with Gasteiger partial charge in [0.1, 0.15) is 23.1 Å². The number of nitrogens with zero attached hydrogens (tertiary/aromatic N) is 2. The summed E-state index contributed by atoms with van der Waals surface area (Å²) in [5, 5.41) is 16.7. The van der Waals surface area contributed by atoms with Gasteiger partial charge >= 0.3 is 6.18 Å². The van der Waals surface area contributed by atoms with Crippen molar-refractivity contribution in [2.24, 2.45) is 5.73 Å². The lowest BCUT2D eigenvalue weighted by Crippen LogP contribution is -2.21. The van der Waals surface area contributed by atoms with Gasteiger partial charge in [0.05, 0.1) is 37.0 Å². The SMILES string of the molecule is COc1ccc(OC)c(-c2[nH]nc3c2C(c2cccc(C(F)(F)F)c2)C(C#N)=C(N)O3)c1. The third kappa shape index (κ3) is 3.47. The normalized spacial score (nSPS) is 15.6. The molecule has 0 amide bonds. The maximum atomic E-state index is 13.4. The maximum Gasteiger partial charge on any atom is 0.416 e. The summed E-state index contributed by atoms with van der Waals surface area (Å²) in [5.74, 6) is -0.134. The van der Waals surface area contributed by atoms with Crippen LogP contribution < -0.4 is 19.9 Å². The molecule has 0 saturated carbocycles.